The molecule has 0 unspecified atom stereocenters. The van der Waals surface area contributed by atoms with Crippen LogP contribution in [-0.4, -0.2) is 42.2 Å². The van der Waals surface area contributed by atoms with Gasteiger partial charge in [0.1, 0.15) is 11.4 Å². The third-order valence-electron chi connectivity index (χ3n) is 3.14. The van der Waals surface area contributed by atoms with Crippen molar-refractivity contribution in [3.8, 4) is 5.75 Å². The molecular weight excluding hydrogens is 327 g/mol. The molecule has 0 atom stereocenters. The van der Waals surface area contributed by atoms with E-state index in [1.807, 2.05) is 0 Å². The highest BCUT2D eigenvalue weighted by Crippen LogP contribution is 2.23. The number of alkyl halides is 3. The molecule has 134 valence electrons. The van der Waals surface area contributed by atoms with Gasteiger partial charge in [0.2, 0.25) is 0 Å². The zero-order valence-electron chi connectivity index (χ0n) is 13.7. The highest BCUT2D eigenvalue weighted by Gasteiger charge is 2.34. The fraction of sp³-hybridized carbons (Fsp3) is 0.562. The first-order valence-electron chi connectivity index (χ1n) is 7.46. The lowest BCUT2D eigenvalue weighted by Crippen LogP contribution is -2.55. The molecule has 1 aliphatic rings. The van der Waals surface area contributed by atoms with Crippen LogP contribution in [0.1, 0.15) is 26.3 Å². The molecule has 8 heteroatoms. The highest BCUT2D eigenvalue weighted by atomic mass is 19.4. The number of nitrogens with zero attached hydrogens (tertiary/aromatic N) is 1. The second kappa shape index (κ2) is 6.88. The van der Waals surface area contributed by atoms with Gasteiger partial charge in [-0.3, -0.25) is 0 Å². The Hall–Kier alpha value is -1.96. The van der Waals surface area contributed by atoms with Gasteiger partial charge in [0.05, 0.1) is 25.8 Å². The molecule has 0 bridgehead atoms. The second-order valence-electron chi connectivity index (χ2n) is 6.51. The van der Waals surface area contributed by atoms with Crippen LogP contribution in [0.3, 0.4) is 0 Å². The van der Waals surface area contributed by atoms with Gasteiger partial charge in [-0.25, -0.2) is 4.79 Å². The van der Waals surface area contributed by atoms with Crippen LogP contribution in [-0.2, 0) is 16.1 Å². The fourth-order valence-corrected chi connectivity index (χ4v) is 2.02. The van der Waals surface area contributed by atoms with Crippen molar-refractivity contribution < 1.29 is 32.2 Å². The van der Waals surface area contributed by atoms with Crippen molar-refractivity contribution in [2.75, 3.05) is 13.1 Å². The minimum atomic E-state index is -4.70. The smallest absolute Gasteiger partial charge is 0.444 e. The monoisotopic (exact) mass is 347 g/mol. The minimum absolute atomic E-state index is 0.108. The van der Waals surface area contributed by atoms with Crippen molar-refractivity contribution in [3.05, 3.63) is 29.8 Å². The Balaban J connectivity index is 1.71. The lowest BCUT2D eigenvalue weighted by Gasteiger charge is -2.39. The maximum atomic E-state index is 12.1. The van der Waals surface area contributed by atoms with Crippen LogP contribution in [0.5, 0.6) is 5.75 Å². The van der Waals surface area contributed by atoms with Gasteiger partial charge < -0.3 is 19.1 Å². The molecule has 0 saturated carbocycles. The van der Waals surface area contributed by atoms with Crippen LogP contribution in [0.15, 0.2) is 24.3 Å². The van der Waals surface area contributed by atoms with Crippen molar-refractivity contribution in [2.24, 2.45) is 0 Å². The molecule has 0 radical (unpaired) electrons. The zero-order chi connectivity index (χ0) is 18.0. The van der Waals surface area contributed by atoms with Gasteiger partial charge in [-0.05, 0) is 38.5 Å². The number of amides is 1. The van der Waals surface area contributed by atoms with Gasteiger partial charge in [0.25, 0.3) is 0 Å². The Kier molecular flexibility index (Phi) is 5.27. The largest absolute Gasteiger partial charge is 0.573 e. The number of hydrogen-bond donors (Lipinski definition) is 0. The van der Waals surface area contributed by atoms with E-state index in [0.717, 1.165) is 5.56 Å². The van der Waals surface area contributed by atoms with Crippen molar-refractivity contribution >= 4 is 6.09 Å². The number of carbonyl (C=O) groups is 1. The van der Waals surface area contributed by atoms with Gasteiger partial charge >= 0.3 is 12.5 Å². The molecule has 0 aliphatic carbocycles. The summed E-state index contributed by atoms with van der Waals surface area (Å²) in [4.78, 5) is 13.3. The van der Waals surface area contributed by atoms with E-state index in [-0.39, 0.29) is 24.6 Å². The molecule has 1 aromatic rings. The van der Waals surface area contributed by atoms with Gasteiger partial charge in [0, 0.05) is 0 Å². The topological polar surface area (TPSA) is 48.0 Å². The summed E-state index contributed by atoms with van der Waals surface area (Å²) in [6.07, 6.45) is -5.19. The molecule has 1 aromatic carbocycles. The van der Waals surface area contributed by atoms with Crippen molar-refractivity contribution in [3.63, 3.8) is 0 Å². The lowest BCUT2D eigenvalue weighted by molar-refractivity contribution is -0.274. The summed E-state index contributed by atoms with van der Waals surface area (Å²) < 4.78 is 50.8. The third-order valence-corrected chi connectivity index (χ3v) is 3.14. The van der Waals surface area contributed by atoms with Gasteiger partial charge in [-0.2, -0.15) is 0 Å². The summed E-state index contributed by atoms with van der Waals surface area (Å²) in [5.41, 5.74) is 0.184. The number of carbonyl (C=O) groups excluding carboxylic acids is 1. The maximum absolute atomic E-state index is 12.1. The van der Waals surface area contributed by atoms with Gasteiger partial charge in [-0.15, -0.1) is 13.2 Å². The molecule has 5 nitrogen and oxygen atoms in total. The highest BCUT2D eigenvalue weighted by molar-refractivity contribution is 5.69. The summed E-state index contributed by atoms with van der Waals surface area (Å²) in [7, 11) is 0. The number of likely N-dealkylation sites (tertiary alicyclic amines) is 1. The van der Waals surface area contributed by atoms with E-state index >= 15 is 0 Å². The molecule has 1 fully saturated rings. The van der Waals surface area contributed by atoms with E-state index < -0.39 is 12.0 Å². The van der Waals surface area contributed by atoms with Crippen LogP contribution < -0.4 is 4.74 Å². The number of rotatable bonds is 4. The number of benzene rings is 1. The first kappa shape index (κ1) is 18.4. The second-order valence-corrected chi connectivity index (χ2v) is 6.51. The molecular formula is C16H20F3NO4. The summed E-state index contributed by atoms with van der Waals surface area (Å²) in [6.45, 7) is 6.51. The van der Waals surface area contributed by atoms with Crippen LogP contribution in [0.4, 0.5) is 18.0 Å². The molecule has 1 amide bonds. The first-order chi connectivity index (χ1) is 11.0. The summed E-state index contributed by atoms with van der Waals surface area (Å²) in [6, 6.07) is 5.48. The number of hydrogen-bond acceptors (Lipinski definition) is 4. The lowest BCUT2D eigenvalue weighted by atomic mass is 10.1. The predicted molar refractivity (Wildman–Crippen MR) is 79.5 cm³/mol. The van der Waals surface area contributed by atoms with Crippen molar-refractivity contribution in [1.82, 2.24) is 4.90 Å². The zero-order valence-corrected chi connectivity index (χ0v) is 13.7. The van der Waals surface area contributed by atoms with E-state index in [4.69, 9.17) is 9.47 Å². The minimum Gasteiger partial charge on any atom is -0.444 e. The Morgan fingerprint density at radius 1 is 1.17 bits per heavy atom. The predicted octanol–water partition coefficient (Wildman–Crippen LogP) is 3.72. The molecule has 0 aromatic heterocycles. The van der Waals surface area contributed by atoms with E-state index in [1.165, 1.54) is 29.2 Å². The average Bonchev–Trinajstić information content (AvgIpc) is 2.34. The summed E-state index contributed by atoms with van der Waals surface area (Å²) in [5.74, 6) is -0.272. The van der Waals surface area contributed by atoms with E-state index in [0.29, 0.717) is 13.1 Å². The molecule has 1 heterocycles. The third kappa shape index (κ3) is 5.92. The van der Waals surface area contributed by atoms with Crippen LogP contribution in [0.2, 0.25) is 0 Å². The molecule has 0 N–H and O–H groups in total. The van der Waals surface area contributed by atoms with E-state index in [9.17, 15) is 18.0 Å². The van der Waals surface area contributed by atoms with Gasteiger partial charge in [0.15, 0.2) is 0 Å². The van der Waals surface area contributed by atoms with Gasteiger partial charge in [-0.1, -0.05) is 12.1 Å². The maximum Gasteiger partial charge on any atom is 0.573 e. The van der Waals surface area contributed by atoms with Crippen LogP contribution >= 0.6 is 0 Å². The molecule has 2 rings (SSSR count). The summed E-state index contributed by atoms with van der Waals surface area (Å²) in [5, 5.41) is 0. The molecule has 0 spiro atoms. The Labute approximate surface area is 138 Å². The van der Waals surface area contributed by atoms with Crippen LogP contribution in [0, 0.1) is 0 Å². The number of ether oxygens (including phenoxy) is 3. The summed E-state index contributed by atoms with van der Waals surface area (Å²) >= 11 is 0. The Morgan fingerprint density at radius 3 is 2.25 bits per heavy atom. The molecule has 1 aliphatic heterocycles. The van der Waals surface area contributed by atoms with E-state index in [1.54, 1.807) is 20.8 Å². The Bertz CT molecular complexity index is 560. The quantitative estimate of drug-likeness (QED) is 0.833. The average molecular weight is 347 g/mol. The standard InChI is InChI=1S/C16H20F3NO4/c1-15(2,3)24-14(21)20-8-13(9-20)22-10-11-4-6-12(7-5-11)23-16(17,18)19/h4-7,13H,8-10H2,1-3H3. The van der Waals surface area contributed by atoms with Crippen molar-refractivity contribution in [2.45, 2.75) is 45.4 Å². The fourth-order valence-electron chi connectivity index (χ4n) is 2.02. The number of halogens is 3. The normalized spacial score (nSPS) is 15.8. The first-order valence-corrected chi connectivity index (χ1v) is 7.46. The Morgan fingerprint density at radius 2 is 1.75 bits per heavy atom. The SMILES string of the molecule is CC(C)(C)OC(=O)N1CC(OCc2ccc(OC(F)(F)F)cc2)C1. The molecule has 24 heavy (non-hydrogen) atoms. The van der Waals surface area contributed by atoms with Crippen LogP contribution in [0.25, 0.3) is 0 Å². The molecule has 1 saturated heterocycles. The van der Waals surface area contributed by atoms with Crippen molar-refractivity contribution in [1.29, 1.82) is 0 Å². The van der Waals surface area contributed by atoms with E-state index in [2.05, 4.69) is 4.74 Å².